The Morgan fingerprint density at radius 3 is 1.92 bits per heavy atom. The Hall–Kier alpha value is -3.95. The third-order valence-electron chi connectivity index (χ3n) is 5.95. The van der Waals surface area contributed by atoms with Crippen molar-refractivity contribution in [1.82, 2.24) is 5.32 Å². The molecule has 3 aromatic carbocycles. The molecular formula is C27H20F6N2O2. The molecule has 1 aliphatic heterocycles. The Balaban J connectivity index is 1.47. The number of carbonyl (C=O) groups excluding carboxylic acids is 2. The average molecular weight is 518 g/mol. The molecule has 0 fully saturated rings. The molecule has 0 bridgehead atoms. The van der Waals surface area contributed by atoms with Crippen LogP contribution in [0.25, 0.3) is 11.1 Å². The van der Waals surface area contributed by atoms with Crippen LogP contribution in [-0.4, -0.2) is 24.4 Å². The number of hydrogen-bond acceptors (Lipinski definition) is 3. The summed E-state index contributed by atoms with van der Waals surface area (Å²) >= 11 is 0. The highest BCUT2D eigenvalue weighted by Gasteiger charge is 2.37. The molecule has 1 heterocycles. The van der Waals surface area contributed by atoms with Gasteiger partial charge in [-0.1, -0.05) is 36.4 Å². The quantitative estimate of drug-likeness (QED) is 0.420. The lowest BCUT2D eigenvalue weighted by atomic mass is 9.96. The summed E-state index contributed by atoms with van der Waals surface area (Å²) in [5.74, 6) is -0.781. The van der Waals surface area contributed by atoms with E-state index < -0.39 is 35.7 Å². The molecule has 10 heteroatoms. The van der Waals surface area contributed by atoms with Crippen molar-refractivity contribution in [3.8, 4) is 11.1 Å². The number of nitrogens with one attached hydrogen (secondary N) is 1. The van der Waals surface area contributed by atoms with Crippen LogP contribution in [0.5, 0.6) is 0 Å². The molecule has 0 atom stereocenters. The van der Waals surface area contributed by atoms with Crippen molar-refractivity contribution >= 4 is 17.4 Å². The molecule has 0 aromatic heterocycles. The summed E-state index contributed by atoms with van der Waals surface area (Å²) in [6.45, 7) is 0.379. The van der Waals surface area contributed by atoms with Gasteiger partial charge in [0, 0.05) is 25.5 Å². The second kappa shape index (κ2) is 9.84. The summed E-state index contributed by atoms with van der Waals surface area (Å²) in [6, 6.07) is 13.7. The van der Waals surface area contributed by atoms with Crippen molar-refractivity contribution < 1.29 is 35.9 Å². The number of hydrogen-bond donors (Lipinski definition) is 1. The Kier molecular flexibility index (Phi) is 6.94. The van der Waals surface area contributed by atoms with Crippen LogP contribution in [0, 0.1) is 0 Å². The van der Waals surface area contributed by atoms with Gasteiger partial charge in [-0.15, -0.1) is 0 Å². The van der Waals surface area contributed by atoms with Gasteiger partial charge in [0.05, 0.1) is 17.7 Å². The van der Waals surface area contributed by atoms with E-state index in [-0.39, 0.29) is 24.0 Å². The normalized spacial score (nSPS) is 13.2. The predicted molar refractivity (Wildman–Crippen MR) is 125 cm³/mol. The first-order valence-electron chi connectivity index (χ1n) is 11.1. The molecule has 192 valence electrons. The average Bonchev–Trinajstić information content (AvgIpc) is 3.26. The highest BCUT2D eigenvalue weighted by molar-refractivity contribution is 6.46. The summed E-state index contributed by atoms with van der Waals surface area (Å²) in [5, 5.41) is 2.55. The number of Topliss-reactive ketones (excluding diaryl/α,β-unsaturated/α-hetero) is 1. The molecule has 0 aliphatic carbocycles. The molecule has 0 saturated carbocycles. The number of ketones is 1. The maximum Gasteiger partial charge on any atom is 0.416 e. The molecule has 0 radical (unpaired) electrons. The minimum atomic E-state index is -4.97. The summed E-state index contributed by atoms with van der Waals surface area (Å²) in [5.41, 5.74) is 1.06. The van der Waals surface area contributed by atoms with E-state index >= 15 is 0 Å². The topological polar surface area (TPSA) is 58.5 Å². The van der Waals surface area contributed by atoms with Gasteiger partial charge >= 0.3 is 12.4 Å². The molecule has 0 saturated heterocycles. The van der Waals surface area contributed by atoms with Crippen LogP contribution < -0.4 is 5.32 Å². The largest absolute Gasteiger partial charge is 0.416 e. The van der Waals surface area contributed by atoms with E-state index in [0.29, 0.717) is 30.0 Å². The number of benzene rings is 3. The van der Waals surface area contributed by atoms with E-state index in [1.54, 1.807) is 24.3 Å². The predicted octanol–water partition coefficient (Wildman–Crippen LogP) is 5.79. The number of halogens is 6. The number of likely N-dealkylation sites (N-methyl/N-ethyl adjacent to an activating group) is 1. The number of alkyl halides is 6. The van der Waals surface area contributed by atoms with Gasteiger partial charge in [-0.2, -0.15) is 26.3 Å². The van der Waals surface area contributed by atoms with Gasteiger partial charge in [0.1, 0.15) is 11.5 Å². The lowest BCUT2D eigenvalue weighted by Crippen LogP contribution is -2.27. The van der Waals surface area contributed by atoms with Gasteiger partial charge in [0.2, 0.25) is 0 Å². The number of fused-ring (bicyclic) bond motifs is 1. The molecule has 0 spiro atoms. The monoisotopic (exact) mass is 518 g/mol. The highest BCUT2D eigenvalue weighted by atomic mass is 19.4. The third-order valence-corrected chi connectivity index (χ3v) is 5.95. The van der Waals surface area contributed by atoms with Crippen molar-refractivity contribution in [2.75, 3.05) is 7.05 Å². The standard InChI is InChI=1S/C27H20F6N2O2/c1-34-25(37)24-23-7-6-18(12-19(23)14-35-24)17-4-2-15(3-5-17)10-22(36)11-16-8-20(26(28,29)30)13-21(9-16)27(31,32)33/h2-9,12-13H,10-11,14H2,1H3,(H,34,37). The lowest BCUT2D eigenvalue weighted by Gasteiger charge is -2.14. The summed E-state index contributed by atoms with van der Waals surface area (Å²) < 4.78 is 78.4. The number of aliphatic imine (C=N–C) groups is 1. The number of rotatable bonds is 6. The Morgan fingerprint density at radius 2 is 1.35 bits per heavy atom. The summed E-state index contributed by atoms with van der Waals surface area (Å²) in [6.07, 6.45) is -10.6. The fraction of sp³-hybridized carbons (Fsp3) is 0.222. The zero-order chi connectivity index (χ0) is 27.0. The minimum absolute atomic E-state index is 0.0388. The Morgan fingerprint density at radius 1 is 0.784 bits per heavy atom. The smallest absolute Gasteiger partial charge is 0.354 e. The van der Waals surface area contributed by atoms with Gasteiger partial charge in [-0.3, -0.25) is 14.6 Å². The van der Waals surface area contributed by atoms with E-state index in [0.717, 1.165) is 22.3 Å². The minimum Gasteiger partial charge on any atom is -0.354 e. The van der Waals surface area contributed by atoms with E-state index in [1.807, 2.05) is 18.2 Å². The molecule has 4 rings (SSSR count). The molecule has 37 heavy (non-hydrogen) atoms. The summed E-state index contributed by atoms with van der Waals surface area (Å²) in [4.78, 5) is 28.7. The van der Waals surface area contributed by atoms with Gasteiger partial charge < -0.3 is 5.32 Å². The number of nitrogens with zero attached hydrogens (tertiary/aromatic N) is 1. The molecule has 1 N–H and O–H groups in total. The van der Waals surface area contributed by atoms with Crippen LogP contribution in [0.3, 0.4) is 0 Å². The van der Waals surface area contributed by atoms with Crippen LogP contribution in [0.15, 0.2) is 65.7 Å². The maximum atomic E-state index is 13.1. The van der Waals surface area contributed by atoms with Crippen molar-refractivity contribution in [2.24, 2.45) is 4.99 Å². The zero-order valence-electron chi connectivity index (χ0n) is 19.4. The number of amides is 1. The van der Waals surface area contributed by atoms with Crippen molar-refractivity contribution in [2.45, 2.75) is 31.7 Å². The van der Waals surface area contributed by atoms with Crippen molar-refractivity contribution in [3.63, 3.8) is 0 Å². The SMILES string of the molecule is CNC(=O)C1=NCc2cc(-c3ccc(CC(=O)Cc4cc(C(F)(F)F)cc(C(F)(F)F)c4)cc3)ccc21. The first-order valence-corrected chi connectivity index (χ1v) is 11.1. The fourth-order valence-corrected chi connectivity index (χ4v) is 4.15. The molecule has 1 aliphatic rings. The first kappa shape index (κ1) is 26.1. The lowest BCUT2D eigenvalue weighted by molar-refractivity contribution is -0.143. The molecule has 1 amide bonds. The second-order valence-electron chi connectivity index (χ2n) is 8.62. The third kappa shape index (κ3) is 5.90. The molecule has 0 unspecified atom stereocenters. The van der Waals surface area contributed by atoms with Crippen LogP contribution in [0.2, 0.25) is 0 Å². The van der Waals surface area contributed by atoms with Gasteiger partial charge in [-0.25, -0.2) is 0 Å². The summed E-state index contributed by atoms with van der Waals surface area (Å²) in [7, 11) is 1.53. The van der Waals surface area contributed by atoms with E-state index in [1.165, 1.54) is 7.05 Å². The van der Waals surface area contributed by atoms with Crippen LogP contribution in [0.4, 0.5) is 26.3 Å². The fourth-order valence-electron chi connectivity index (χ4n) is 4.15. The molecule has 4 nitrogen and oxygen atoms in total. The zero-order valence-corrected chi connectivity index (χ0v) is 19.4. The Labute approximate surface area is 208 Å². The van der Waals surface area contributed by atoms with Gasteiger partial charge in [0.25, 0.3) is 5.91 Å². The van der Waals surface area contributed by atoms with Crippen molar-refractivity contribution in [1.29, 1.82) is 0 Å². The van der Waals surface area contributed by atoms with E-state index in [9.17, 15) is 35.9 Å². The number of carbonyl (C=O) groups is 2. The van der Waals surface area contributed by atoms with Crippen molar-refractivity contribution in [3.05, 3.63) is 94.0 Å². The Bertz CT molecular complexity index is 1360. The van der Waals surface area contributed by atoms with Crippen LogP contribution in [0.1, 0.15) is 33.4 Å². The van der Waals surface area contributed by atoms with E-state index in [4.69, 9.17) is 0 Å². The van der Waals surface area contributed by atoms with Crippen LogP contribution >= 0.6 is 0 Å². The van der Waals surface area contributed by atoms with E-state index in [2.05, 4.69) is 10.3 Å². The first-order chi connectivity index (χ1) is 17.3. The molecular weight excluding hydrogens is 498 g/mol. The van der Waals surface area contributed by atoms with Crippen LogP contribution in [-0.2, 0) is 41.3 Å². The van der Waals surface area contributed by atoms with Gasteiger partial charge in [0.15, 0.2) is 0 Å². The maximum absolute atomic E-state index is 13.1. The molecule has 3 aromatic rings. The second-order valence-corrected chi connectivity index (χ2v) is 8.62. The highest BCUT2D eigenvalue weighted by Crippen LogP contribution is 2.36. The van der Waals surface area contributed by atoms with Gasteiger partial charge in [-0.05, 0) is 52.1 Å².